The van der Waals surface area contributed by atoms with Gasteiger partial charge in [-0.15, -0.1) is 0 Å². The van der Waals surface area contributed by atoms with Gasteiger partial charge in [-0.2, -0.15) is 13.2 Å². The van der Waals surface area contributed by atoms with E-state index in [2.05, 4.69) is 4.98 Å². The molecule has 8 nitrogen and oxygen atoms in total. The van der Waals surface area contributed by atoms with Crippen LogP contribution in [0.25, 0.3) is 0 Å². The molecule has 11 heteroatoms. The molecule has 0 spiro atoms. The number of aromatic nitrogens is 1. The van der Waals surface area contributed by atoms with Crippen molar-refractivity contribution in [3.63, 3.8) is 0 Å². The average molecular weight is 526 g/mol. The highest BCUT2D eigenvalue weighted by Gasteiger charge is 2.60. The van der Waals surface area contributed by atoms with Crippen molar-refractivity contribution in [2.24, 2.45) is 23.2 Å². The van der Waals surface area contributed by atoms with Crippen molar-refractivity contribution in [2.75, 3.05) is 47.1 Å². The van der Waals surface area contributed by atoms with E-state index >= 15 is 0 Å². The zero-order valence-electron chi connectivity index (χ0n) is 21.3. The van der Waals surface area contributed by atoms with E-state index in [9.17, 15) is 22.8 Å². The van der Waals surface area contributed by atoms with Crippen LogP contribution in [-0.2, 0) is 38.1 Å². The number of likely N-dealkylation sites (tertiary alicyclic amines) is 1. The van der Waals surface area contributed by atoms with Gasteiger partial charge < -0.3 is 24.0 Å². The third-order valence-electron chi connectivity index (χ3n) is 8.86. The molecule has 1 aromatic heterocycles. The van der Waals surface area contributed by atoms with Crippen LogP contribution in [0.5, 0.6) is 0 Å². The molecule has 5 rings (SSSR count). The topological polar surface area (TPSA) is 81.2 Å². The summed E-state index contributed by atoms with van der Waals surface area (Å²) in [4.78, 5) is 33.9. The molecular weight excluding hydrogens is 491 g/mol. The molecule has 204 valence electrons. The number of carbonyl (C=O) groups excluding carboxylic acids is 2. The van der Waals surface area contributed by atoms with Crippen molar-refractivity contribution in [2.45, 2.75) is 50.9 Å². The van der Waals surface area contributed by atoms with Crippen LogP contribution in [0.2, 0.25) is 0 Å². The summed E-state index contributed by atoms with van der Waals surface area (Å²) in [6.45, 7) is 2.47. The maximum atomic E-state index is 14.2. The highest BCUT2D eigenvalue weighted by molar-refractivity contribution is 5.85. The van der Waals surface area contributed by atoms with Gasteiger partial charge >= 0.3 is 12.3 Å². The molecule has 1 saturated carbocycles. The van der Waals surface area contributed by atoms with Crippen molar-refractivity contribution < 1.29 is 37.0 Å². The maximum Gasteiger partial charge on any atom is 0.417 e. The molecule has 1 aliphatic carbocycles. The zero-order valence-corrected chi connectivity index (χ0v) is 21.3. The van der Waals surface area contributed by atoms with Gasteiger partial charge in [0.2, 0.25) is 5.91 Å². The molecule has 0 aromatic carbocycles. The van der Waals surface area contributed by atoms with Gasteiger partial charge in [0.1, 0.15) is 0 Å². The lowest BCUT2D eigenvalue weighted by Crippen LogP contribution is -2.49. The lowest BCUT2D eigenvalue weighted by molar-refractivity contribution is -0.144. The van der Waals surface area contributed by atoms with E-state index in [1.54, 1.807) is 16.9 Å². The molecular formula is C26H34F3N3O5. The normalized spacial score (nSPS) is 31.7. The summed E-state index contributed by atoms with van der Waals surface area (Å²) in [5.74, 6) is 0.543. The Bertz CT molecular complexity index is 1040. The minimum absolute atomic E-state index is 0.0223. The summed E-state index contributed by atoms with van der Waals surface area (Å²) < 4.78 is 56.0. The predicted octanol–water partition coefficient (Wildman–Crippen LogP) is 3.52. The fourth-order valence-corrected chi connectivity index (χ4v) is 7.07. The van der Waals surface area contributed by atoms with Gasteiger partial charge in [-0.1, -0.05) is 0 Å². The zero-order chi connectivity index (χ0) is 26.4. The molecule has 0 N–H and O–H groups in total. The second-order valence-electron chi connectivity index (χ2n) is 10.9. The Kier molecular flexibility index (Phi) is 7.12. The largest absolute Gasteiger partial charge is 0.453 e. The SMILES string of the molecule is COC(=O)N1C[C@@H]2C[C@@H](CC3CCOCC3OC)C[C@]2(C(=O)N2CCc3ncc(C(F)(F)F)cc3C2)C1. The highest BCUT2D eigenvalue weighted by Crippen LogP contribution is 2.54. The Balaban J connectivity index is 1.37. The molecule has 4 heterocycles. The third kappa shape index (κ3) is 4.92. The monoisotopic (exact) mass is 525 g/mol. The summed E-state index contributed by atoms with van der Waals surface area (Å²) in [7, 11) is 3.03. The lowest BCUT2D eigenvalue weighted by Gasteiger charge is -2.37. The minimum atomic E-state index is -4.49. The number of halogens is 3. The van der Waals surface area contributed by atoms with Crippen LogP contribution in [0, 0.1) is 23.2 Å². The van der Waals surface area contributed by atoms with Gasteiger partial charge in [-0.05, 0) is 55.1 Å². The Morgan fingerprint density at radius 2 is 2.08 bits per heavy atom. The summed E-state index contributed by atoms with van der Waals surface area (Å²) in [6, 6.07) is 1.11. The van der Waals surface area contributed by atoms with Crippen molar-refractivity contribution in [3.8, 4) is 0 Å². The van der Waals surface area contributed by atoms with Gasteiger partial charge in [-0.3, -0.25) is 9.78 Å². The van der Waals surface area contributed by atoms with Gasteiger partial charge in [0.15, 0.2) is 0 Å². The predicted molar refractivity (Wildman–Crippen MR) is 125 cm³/mol. The van der Waals surface area contributed by atoms with Gasteiger partial charge in [0.25, 0.3) is 0 Å². The van der Waals surface area contributed by atoms with Crippen molar-refractivity contribution in [1.29, 1.82) is 0 Å². The second kappa shape index (κ2) is 10.1. The fourth-order valence-electron chi connectivity index (χ4n) is 7.07. The number of ether oxygens (including phenoxy) is 3. The molecule has 2 unspecified atom stereocenters. The molecule has 2 saturated heterocycles. The van der Waals surface area contributed by atoms with Crippen LogP contribution in [0.3, 0.4) is 0 Å². The quantitative estimate of drug-likeness (QED) is 0.599. The van der Waals surface area contributed by atoms with E-state index in [0.29, 0.717) is 62.2 Å². The highest BCUT2D eigenvalue weighted by atomic mass is 19.4. The summed E-state index contributed by atoms with van der Waals surface area (Å²) in [6.07, 6.45) is -0.360. The van der Waals surface area contributed by atoms with Crippen LogP contribution in [0.15, 0.2) is 12.3 Å². The van der Waals surface area contributed by atoms with Crippen LogP contribution in [-0.4, -0.2) is 80.0 Å². The molecule has 0 radical (unpaired) electrons. The van der Waals surface area contributed by atoms with Crippen LogP contribution < -0.4 is 0 Å². The lowest BCUT2D eigenvalue weighted by atomic mass is 9.78. The second-order valence-corrected chi connectivity index (χ2v) is 10.9. The molecule has 3 fully saturated rings. The molecule has 5 atom stereocenters. The molecule has 4 aliphatic rings. The summed E-state index contributed by atoms with van der Waals surface area (Å²) in [5, 5.41) is 0. The van der Waals surface area contributed by atoms with Crippen LogP contribution >= 0.6 is 0 Å². The van der Waals surface area contributed by atoms with Crippen molar-refractivity contribution in [1.82, 2.24) is 14.8 Å². The average Bonchev–Trinajstić information content (AvgIpc) is 3.41. The van der Waals surface area contributed by atoms with Gasteiger partial charge in [0, 0.05) is 58.2 Å². The number of pyridine rings is 1. The third-order valence-corrected chi connectivity index (χ3v) is 8.86. The molecule has 3 aliphatic heterocycles. The number of hydrogen-bond donors (Lipinski definition) is 0. The smallest absolute Gasteiger partial charge is 0.417 e. The first-order valence-electron chi connectivity index (χ1n) is 12.9. The Morgan fingerprint density at radius 3 is 2.81 bits per heavy atom. The Labute approximate surface area is 214 Å². The number of rotatable bonds is 4. The minimum Gasteiger partial charge on any atom is -0.453 e. The van der Waals surface area contributed by atoms with Crippen molar-refractivity contribution in [3.05, 3.63) is 29.1 Å². The number of methoxy groups -OCH3 is 2. The maximum absolute atomic E-state index is 14.2. The molecule has 1 aromatic rings. The number of nitrogens with zero attached hydrogens (tertiary/aromatic N) is 3. The van der Waals surface area contributed by atoms with E-state index in [4.69, 9.17) is 14.2 Å². The molecule has 37 heavy (non-hydrogen) atoms. The Morgan fingerprint density at radius 1 is 1.27 bits per heavy atom. The van der Waals surface area contributed by atoms with Crippen molar-refractivity contribution >= 4 is 12.0 Å². The van der Waals surface area contributed by atoms with Gasteiger partial charge in [0.05, 0.1) is 30.8 Å². The summed E-state index contributed by atoms with van der Waals surface area (Å²) in [5.41, 5.74) is -0.536. The van der Waals surface area contributed by atoms with Crippen LogP contribution in [0.1, 0.15) is 42.5 Å². The first-order valence-corrected chi connectivity index (χ1v) is 12.9. The Hall–Kier alpha value is -2.40. The van der Waals surface area contributed by atoms with E-state index in [1.165, 1.54) is 7.11 Å². The van der Waals surface area contributed by atoms with E-state index in [-0.39, 0.29) is 31.0 Å². The van der Waals surface area contributed by atoms with E-state index in [0.717, 1.165) is 31.5 Å². The standard InChI is InChI=1S/C26H34F3N3O5/c1-35-22-14-37-6-4-17(22)7-16-8-20-13-32(24(34)36-2)15-25(20,10-16)23(33)31-5-3-21-18(12-31)9-19(11-30-21)26(27,28)29/h9,11,16-17,20,22H,3-8,10,12-15H2,1-2H3/t16-,17?,20+,22?,25+/m1/s1. The first kappa shape index (κ1) is 26.2. The van der Waals surface area contributed by atoms with Gasteiger partial charge in [-0.25, -0.2) is 4.79 Å². The molecule has 0 bridgehead atoms. The summed E-state index contributed by atoms with van der Waals surface area (Å²) >= 11 is 0. The van der Waals surface area contributed by atoms with E-state index < -0.39 is 23.2 Å². The number of alkyl halides is 3. The number of hydrogen-bond acceptors (Lipinski definition) is 6. The van der Waals surface area contributed by atoms with E-state index in [1.807, 2.05) is 0 Å². The molecule has 2 amide bonds. The number of amides is 2. The fraction of sp³-hybridized carbons (Fsp3) is 0.731. The first-order chi connectivity index (χ1) is 17.6. The number of fused-ring (bicyclic) bond motifs is 2. The van der Waals surface area contributed by atoms with Crippen LogP contribution in [0.4, 0.5) is 18.0 Å². The number of carbonyl (C=O) groups is 2.